The summed E-state index contributed by atoms with van der Waals surface area (Å²) in [6, 6.07) is 8.99. The molecule has 3 aromatic rings. The number of sulfonamides is 1. The van der Waals surface area contributed by atoms with Gasteiger partial charge in [-0.15, -0.1) is 0 Å². The average molecular weight is 438 g/mol. The lowest BCUT2D eigenvalue weighted by Crippen LogP contribution is -2.22. The van der Waals surface area contributed by atoms with Gasteiger partial charge in [0.05, 0.1) is 10.5 Å². The van der Waals surface area contributed by atoms with Crippen molar-refractivity contribution in [2.45, 2.75) is 4.90 Å². The van der Waals surface area contributed by atoms with Gasteiger partial charge in [-0.05, 0) is 36.4 Å². The Balaban J connectivity index is 1.85. The zero-order chi connectivity index (χ0) is 21.3. The first kappa shape index (κ1) is 20.8. The van der Waals surface area contributed by atoms with Gasteiger partial charge in [0, 0.05) is 19.8 Å². The Kier molecular flexibility index (Phi) is 5.64. The minimum atomic E-state index is -3.56. The molecule has 0 atom stereocenters. The molecule has 1 heterocycles. The summed E-state index contributed by atoms with van der Waals surface area (Å²) in [4.78, 5) is 16.5. The van der Waals surface area contributed by atoms with Gasteiger partial charge in [0.25, 0.3) is 0 Å². The predicted molar refractivity (Wildman–Crippen MR) is 107 cm³/mol. The Hall–Kier alpha value is -2.89. The van der Waals surface area contributed by atoms with Crippen molar-refractivity contribution in [3.8, 4) is 0 Å². The molecule has 7 nitrogen and oxygen atoms in total. The number of nitrogens with one attached hydrogen (secondary N) is 1. The summed E-state index contributed by atoms with van der Waals surface area (Å²) in [6.45, 7) is 0. The van der Waals surface area contributed by atoms with Gasteiger partial charge < -0.3 is 11.1 Å². The van der Waals surface area contributed by atoms with E-state index in [9.17, 15) is 22.0 Å². The predicted octanol–water partition coefficient (Wildman–Crippen LogP) is 3.23. The number of halogens is 2. The molecule has 0 fully saturated rings. The molecule has 0 aliphatic heterocycles. The molecule has 0 spiro atoms. The fraction of sp³-hybridized carbons (Fsp3) is 0.111. The maximum atomic E-state index is 13.9. The van der Waals surface area contributed by atoms with Gasteiger partial charge in [-0.1, -0.05) is 17.4 Å². The molecular formula is C18H16F2N4O3S2. The molecule has 3 N–H and O–H groups in total. The summed E-state index contributed by atoms with van der Waals surface area (Å²) in [5, 5.41) is 3.10. The van der Waals surface area contributed by atoms with E-state index in [1.54, 1.807) is 0 Å². The summed E-state index contributed by atoms with van der Waals surface area (Å²) in [5.74, 6) is -3.06. The van der Waals surface area contributed by atoms with Crippen molar-refractivity contribution in [2.75, 3.05) is 25.1 Å². The third kappa shape index (κ3) is 4.11. The van der Waals surface area contributed by atoms with E-state index in [0.29, 0.717) is 5.69 Å². The van der Waals surface area contributed by atoms with E-state index < -0.39 is 33.0 Å². The first-order valence-corrected chi connectivity index (χ1v) is 10.4. The SMILES string of the molecule is CN(C)S(=O)(=O)c1ccc(Nc2nc(N)c(C(=O)c3c(F)cccc3F)s2)cc1. The highest BCUT2D eigenvalue weighted by Crippen LogP contribution is 2.31. The van der Waals surface area contributed by atoms with Crippen LogP contribution in [0.2, 0.25) is 0 Å². The third-order valence-corrected chi connectivity index (χ3v) is 6.75. The number of nitrogens with zero attached hydrogens (tertiary/aromatic N) is 2. The molecule has 0 radical (unpaired) electrons. The van der Waals surface area contributed by atoms with Crippen molar-refractivity contribution in [3.05, 3.63) is 64.5 Å². The molecule has 2 aromatic carbocycles. The number of hydrogen-bond donors (Lipinski definition) is 2. The van der Waals surface area contributed by atoms with Gasteiger partial charge in [-0.3, -0.25) is 4.79 Å². The van der Waals surface area contributed by atoms with Crippen molar-refractivity contribution in [1.29, 1.82) is 0 Å². The van der Waals surface area contributed by atoms with E-state index in [0.717, 1.165) is 33.8 Å². The van der Waals surface area contributed by atoms with Crippen molar-refractivity contribution in [3.63, 3.8) is 0 Å². The highest BCUT2D eigenvalue weighted by Gasteiger charge is 2.24. The van der Waals surface area contributed by atoms with E-state index in [-0.39, 0.29) is 20.7 Å². The quantitative estimate of drug-likeness (QED) is 0.573. The van der Waals surface area contributed by atoms with Gasteiger partial charge in [0.2, 0.25) is 15.8 Å². The molecule has 0 amide bonds. The van der Waals surface area contributed by atoms with Crippen LogP contribution < -0.4 is 11.1 Å². The molecule has 0 saturated heterocycles. The van der Waals surface area contributed by atoms with Crippen molar-refractivity contribution >= 4 is 43.8 Å². The Bertz CT molecular complexity index is 1160. The summed E-state index contributed by atoms with van der Waals surface area (Å²) >= 11 is 0.833. The fourth-order valence-electron chi connectivity index (χ4n) is 2.42. The van der Waals surface area contributed by atoms with Crippen LogP contribution in [0.1, 0.15) is 15.2 Å². The first-order chi connectivity index (χ1) is 13.6. The number of carbonyl (C=O) groups excluding carboxylic acids is 1. The molecule has 11 heteroatoms. The largest absolute Gasteiger partial charge is 0.382 e. The molecule has 0 aliphatic carbocycles. The fourth-order valence-corrected chi connectivity index (χ4v) is 4.17. The number of anilines is 3. The maximum absolute atomic E-state index is 13.9. The zero-order valence-corrected chi connectivity index (χ0v) is 16.9. The van der Waals surface area contributed by atoms with Gasteiger partial charge in [0.1, 0.15) is 22.3 Å². The van der Waals surface area contributed by atoms with Crippen LogP contribution in [-0.2, 0) is 10.0 Å². The lowest BCUT2D eigenvalue weighted by molar-refractivity contribution is 0.103. The Morgan fingerprint density at radius 3 is 2.24 bits per heavy atom. The zero-order valence-electron chi connectivity index (χ0n) is 15.3. The van der Waals surface area contributed by atoms with Crippen LogP contribution >= 0.6 is 11.3 Å². The highest BCUT2D eigenvalue weighted by molar-refractivity contribution is 7.89. The monoisotopic (exact) mass is 438 g/mol. The Morgan fingerprint density at radius 2 is 1.69 bits per heavy atom. The first-order valence-electron chi connectivity index (χ1n) is 8.16. The molecule has 152 valence electrons. The molecule has 0 bridgehead atoms. The van der Waals surface area contributed by atoms with Crippen LogP contribution in [0.5, 0.6) is 0 Å². The lowest BCUT2D eigenvalue weighted by atomic mass is 10.1. The topological polar surface area (TPSA) is 105 Å². The van der Waals surface area contributed by atoms with Gasteiger partial charge >= 0.3 is 0 Å². The lowest BCUT2D eigenvalue weighted by Gasteiger charge is -2.11. The van der Waals surface area contributed by atoms with Crippen LogP contribution in [0.4, 0.5) is 25.4 Å². The number of rotatable bonds is 6. The van der Waals surface area contributed by atoms with Crippen molar-refractivity contribution in [2.24, 2.45) is 0 Å². The second-order valence-electron chi connectivity index (χ2n) is 6.10. The van der Waals surface area contributed by atoms with Gasteiger partial charge in [-0.2, -0.15) is 0 Å². The molecule has 0 aliphatic rings. The number of benzene rings is 2. The average Bonchev–Trinajstić information content (AvgIpc) is 3.02. The number of nitrogen functional groups attached to an aromatic ring is 1. The van der Waals surface area contributed by atoms with Gasteiger partial charge in [0.15, 0.2) is 5.13 Å². The van der Waals surface area contributed by atoms with E-state index >= 15 is 0 Å². The third-order valence-electron chi connectivity index (χ3n) is 3.93. The highest BCUT2D eigenvalue weighted by atomic mass is 32.2. The molecule has 0 saturated carbocycles. The summed E-state index contributed by atoms with van der Waals surface area (Å²) in [5.41, 5.74) is 5.55. The summed E-state index contributed by atoms with van der Waals surface area (Å²) in [6.07, 6.45) is 0. The number of aromatic nitrogens is 1. The molecule has 1 aromatic heterocycles. The minimum Gasteiger partial charge on any atom is -0.382 e. The number of carbonyl (C=O) groups is 1. The van der Waals surface area contributed by atoms with E-state index in [2.05, 4.69) is 10.3 Å². The van der Waals surface area contributed by atoms with E-state index in [1.807, 2.05) is 0 Å². The van der Waals surface area contributed by atoms with Crippen molar-refractivity contribution in [1.82, 2.24) is 9.29 Å². The smallest absolute Gasteiger partial charge is 0.242 e. The number of hydrogen-bond acceptors (Lipinski definition) is 7. The van der Waals surface area contributed by atoms with Crippen LogP contribution in [0, 0.1) is 11.6 Å². The second kappa shape index (κ2) is 7.85. The number of ketones is 1. The standard InChI is InChI=1S/C18H16F2N4O3S2/c1-24(2)29(26,27)11-8-6-10(7-9-11)22-18-23-17(21)16(28-18)15(25)14-12(19)4-3-5-13(14)20/h3-9H,21H2,1-2H3,(H,22,23). The molecule has 3 rings (SSSR count). The van der Waals surface area contributed by atoms with Gasteiger partial charge in [-0.25, -0.2) is 26.5 Å². The van der Waals surface area contributed by atoms with E-state index in [4.69, 9.17) is 5.73 Å². The summed E-state index contributed by atoms with van der Waals surface area (Å²) in [7, 11) is -0.708. The molecular weight excluding hydrogens is 422 g/mol. The van der Waals surface area contributed by atoms with Crippen LogP contribution in [0.25, 0.3) is 0 Å². The second-order valence-corrected chi connectivity index (χ2v) is 9.25. The van der Waals surface area contributed by atoms with Crippen LogP contribution in [0.15, 0.2) is 47.4 Å². The van der Waals surface area contributed by atoms with Crippen molar-refractivity contribution < 1.29 is 22.0 Å². The maximum Gasteiger partial charge on any atom is 0.242 e. The molecule has 0 unspecified atom stereocenters. The normalized spacial score (nSPS) is 11.6. The summed E-state index contributed by atoms with van der Waals surface area (Å²) < 4.78 is 53.0. The Labute approximate surface area is 169 Å². The Morgan fingerprint density at radius 1 is 1.10 bits per heavy atom. The number of thiazole rings is 1. The molecule has 29 heavy (non-hydrogen) atoms. The van der Waals surface area contributed by atoms with E-state index in [1.165, 1.54) is 38.4 Å². The van der Waals surface area contributed by atoms with Crippen LogP contribution in [0.3, 0.4) is 0 Å². The minimum absolute atomic E-state index is 0.108. The number of nitrogens with two attached hydrogens (primary N) is 1. The van der Waals surface area contributed by atoms with Crippen LogP contribution in [-0.4, -0.2) is 37.6 Å².